The minimum atomic E-state index is -2.87. The molecule has 1 unspecified atom stereocenters. The molecule has 0 spiro atoms. The summed E-state index contributed by atoms with van der Waals surface area (Å²) in [6.07, 6.45) is -2.71. The fraction of sp³-hybridized carbons (Fsp3) is 0.562. The average Bonchev–Trinajstić information content (AvgIpc) is 3.15. The molecule has 2 aromatic heterocycles. The Morgan fingerprint density at radius 3 is 2.66 bits per heavy atom. The molecule has 1 saturated heterocycles. The van der Waals surface area contributed by atoms with E-state index in [9.17, 15) is 18.5 Å². The zero-order valence-electron chi connectivity index (χ0n) is 16.2. The summed E-state index contributed by atoms with van der Waals surface area (Å²) in [4.78, 5) is 35.1. The van der Waals surface area contributed by atoms with E-state index >= 15 is 0 Å². The number of ether oxygens (including phenoxy) is 2. The molecule has 3 heterocycles. The number of halogens is 1. The second kappa shape index (κ2) is 8.13. The number of fused-ring (bicyclic) bond motifs is 1. The van der Waals surface area contributed by atoms with Crippen LogP contribution in [0.3, 0.4) is 0 Å². The molecule has 1 fully saturated rings. The molecule has 1 amide bonds. The van der Waals surface area contributed by atoms with Crippen molar-refractivity contribution in [3.8, 4) is 0 Å². The molecular formula is C16H21FN5O6P. The maximum Gasteiger partial charge on any atom is 0.303 e. The molecule has 4 atom stereocenters. The highest BCUT2D eigenvalue weighted by atomic mass is 31.2. The van der Waals surface area contributed by atoms with E-state index in [4.69, 9.17) is 14.0 Å². The van der Waals surface area contributed by atoms with E-state index in [-0.39, 0.29) is 29.5 Å². The van der Waals surface area contributed by atoms with Crippen molar-refractivity contribution in [2.24, 2.45) is 0 Å². The number of nitrogens with zero attached hydrogens (tertiary/aromatic N) is 4. The first kappa shape index (κ1) is 21.3. The number of amides is 1. The molecule has 0 bridgehead atoms. The normalized spacial score (nSPS) is 24.6. The van der Waals surface area contributed by atoms with Crippen molar-refractivity contribution in [1.29, 1.82) is 0 Å². The summed E-state index contributed by atoms with van der Waals surface area (Å²) in [6, 6.07) is 0. The topological polar surface area (TPSA) is 135 Å². The monoisotopic (exact) mass is 429 g/mol. The third kappa shape index (κ3) is 4.77. The molecule has 3 rings (SSSR count). The van der Waals surface area contributed by atoms with Crippen molar-refractivity contribution >= 4 is 36.2 Å². The van der Waals surface area contributed by atoms with E-state index in [1.807, 2.05) is 0 Å². The number of imidazole rings is 1. The second-order valence-corrected chi connectivity index (χ2v) is 9.62. The van der Waals surface area contributed by atoms with Gasteiger partial charge in [-0.2, -0.15) is 0 Å². The fourth-order valence-electron chi connectivity index (χ4n) is 2.92. The van der Waals surface area contributed by atoms with Crippen LogP contribution in [0.4, 0.5) is 10.2 Å². The SMILES string of the molecule is CC(=O)Nc1ncnc2c1ncn2[C@@H]1O[C@H](COP(C)(C)=O)C(F)[C@@H]1OC(C)=O. The second-order valence-electron chi connectivity index (χ2n) is 6.86. The fourth-order valence-corrected chi connectivity index (χ4v) is 3.43. The van der Waals surface area contributed by atoms with E-state index in [2.05, 4.69) is 20.3 Å². The Labute approximate surface area is 165 Å². The minimum Gasteiger partial charge on any atom is -0.454 e. The molecule has 0 radical (unpaired) electrons. The minimum absolute atomic E-state index is 0.179. The van der Waals surface area contributed by atoms with Crippen LogP contribution < -0.4 is 5.32 Å². The largest absolute Gasteiger partial charge is 0.454 e. The van der Waals surface area contributed by atoms with Crippen LogP contribution >= 0.6 is 7.37 Å². The van der Waals surface area contributed by atoms with Gasteiger partial charge in [-0.3, -0.25) is 18.7 Å². The number of nitrogens with one attached hydrogen (secondary N) is 1. The van der Waals surface area contributed by atoms with Crippen LogP contribution in [-0.4, -0.2) is 69.7 Å². The number of esters is 1. The van der Waals surface area contributed by atoms with Gasteiger partial charge in [0.1, 0.15) is 12.4 Å². The molecule has 1 N–H and O–H groups in total. The molecule has 2 aromatic rings. The van der Waals surface area contributed by atoms with Crippen molar-refractivity contribution in [3.63, 3.8) is 0 Å². The maximum atomic E-state index is 15.0. The van der Waals surface area contributed by atoms with Crippen LogP contribution in [0.1, 0.15) is 20.1 Å². The van der Waals surface area contributed by atoms with E-state index in [0.717, 1.165) is 6.92 Å². The van der Waals surface area contributed by atoms with Crippen molar-refractivity contribution in [2.75, 3.05) is 25.3 Å². The van der Waals surface area contributed by atoms with Crippen molar-refractivity contribution in [3.05, 3.63) is 12.7 Å². The molecule has 11 nitrogen and oxygen atoms in total. The van der Waals surface area contributed by atoms with Gasteiger partial charge in [0.15, 0.2) is 42.9 Å². The Hall–Kier alpha value is -2.43. The van der Waals surface area contributed by atoms with E-state index < -0.39 is 37.9 Å². The van der Waals surface area contributed by atoms with Gasteiger partial charge in [-0.05, 0) is 0 Å². The summed E-state index contributed by atoms with van der Waals surface area (Å²) in [5.74, 6) is -0.862. The Balaban J connectivity index is 1.95. The number of anilines is 1. The van der Waals surface area contributed by atoms with Crippen LogP contribution in [0.5, 0.6) is 0 Å². The molecule has 0 saturated carbocycles. The number of hydrogen-bond acceptors (Lipinski definition) is 9. The zero-order chi connectivity index (χ0) is 21.3. The van der Waals surface area contributed by atoms with Gasteiger partial charge >= 0.3 is 5.97 Å². The Morgan fingerprint density at radius 1 is 1.31 bits per heavy atom. The molecule has 158 valence electrons. The first-order valence-corrected chi connectivity index (χ1v) is 11.2. The molecule has 0 aliphatic carbocycles. The van der Waals surface area contributed by atoms with Gasteiger partial charge in [-0.15, -0.1) is 0 Å². The third-order valence-electron chi connectivity index (χ3n) is 4.04. The predicted molar refractivity (Wildman–Crippen MR) is 99.4 cm³/mol. The molecule has 29 heavy (non-hydrogen) atoms. The van der Waals surface area contributed by atoms with Gasteiger partial charge in [0.05, 0.1) is 12.9 Å². The Bertz CT molecular complexity index is 978. The quantitative estimate of drug-likeness (QED) is 0.535. The van der Waals surface area contributed by atoms with Crippen LogP contribution in [0.2, 0.25) is 0 Å². The highest BCUT2D eigenvalue weighted by molar-refractivity contribution is 7.57. The van der Waals surface area contributed by atoms with Crippen molar-refractivity contribution in [1.82, 2.24) is 19.5 Å². The average molecular weight is 429 g/mol. The van der Waals surface area contributed by atoms with E-state index in [1.165, 1.54) is 37.5 Å². The number of alkyl halides is 1. The predicted octanol–water partition coefficient (Wildman–Crippen LogP) is 1.51. The maximum absolute atomic E-state index is 15.0. The van der Waals surface area contributed by atoms with Crippen molar-refractivity contribution in [2.45, 2.75) is 38.5 Å². The lowest BCUT2D eigenvalue weighted by Gasteiger charge is -2.20. The molecular weight excluding hydrogens is 408 g/mol. The summed E-state index contributed by atoms with van der Waals surface area (Å²) in [7, 11) is -2.87. The van der Waals surface area contributed by atoms with Gasteiger partial charge in [-0.25, -0.2) is 19.3 Å². The summed E-state index contributed by atoms with van der Waals surface area (Å²) >= 11 is 0. The summed E-state index contributed by atoms with van der Waals surface area (Å²) in [6.45, 7) is 5.00. The van der Waals surface area contributed by atoms with Gasteiger partial charge in [0.25, 0.3) is 0 Å². The van der Waals surface area contributed by atoms with Crippen LogP contribution in [-0.2, 0) is 28.2 Å². The zero-order valence-corrected chi connectivity index (χ0v) is 17.1. The summed E-state index contributed by atoms with van der Waals surface area (Å²) < 4.78 is 44.2. The molecule has 1 aliphatic heterocycles. The van der Waals surface area contributed by atoms with Crippen LogP contribution in [0.15, 0.2) is 12.7 Å². The lowest BCUT2D eigenvalue weighted by molar-refractivity contribution is -0.154. The Kier molecular flexibility index (Phi) is 5.97. The lowest BCUT2D eigenvalue weighted by atomic mass is 10.1. The summed E-state index contributed by atoms with van der Waals surface area (Å²) in [5, 5.41) is 2.53. The highest BCUT2D eigenvalue weighted by Crippen LogP contribution is 2.41. The number of rotatable bonds is 6. The Morgan fingerprint density at radius 2 is 2.03 bits per heavy atom. The lowest BCUT2D eigenvalue weighted by Crippen LogP contribution is -2.33. The number of carbonyl (C=O) groups is 2. The van der Waals surface area contributed by atoms with Gasteiger partial charge in [-0.1, -0.05) is 0 Å². The van der Waals surface area contributed by atoms with Gasteiger partial charge in [0, 0.05) is 27.2 Å². The summed E-state index contributed by atoms with van der Waals surface area (Å²) in [5.41, 5.74) is 0.505. The smallest absolute Gasteiger partial charge is 0.303 e. The van der Waals surface area contributed by atoms with Crippen molar-refractivity contribution < 1.29 is 32.5 Å². The van der Waals surface area contributed by atoms with E-state index in [1.54, 1.807) is 0 Å². The van der Waals surface area contributed by atoms with Crippen LogP contribution in [0.25, 0.3) is 11.2 Å². The standard InChI is InChI=1S/C16H21FN5O6P/c1-8(23)21-14-12-15(19-6-18-14)22(7-20-12)16-13(27-9(2)24)11(17)10(28-16)5-26-29(3,4)25/h6-7,10-11,13,16H,5H2,1-4H3,(H,18,19,21,23)/t10-,11?,13+,16-/m1/s1. The number of hydrogen-bond donors (Lipinski definition) is 1. The first-order chi connectivity index (χ1) is 13.6. The number of aromatic nitrogens is 4. The molecule has 0 aromatic carbocycles. The van der Waals surface area contributed by atoms with Gasteiger partial charge < -0.3 is 19.3 Å². The third-order valence-corrected chi connectivity index (χ3v) is 4.81. The molecule has 1 aliphatic rings. The first-order valence-electron chi connectivity index (χ1n) is 8.68. The van der Waals surface area contributed by atoms with Crippen LogP contribution in [0, 0.1) is 0 Å². The highest BCUT2D eigenvalue weighted by Gasteiger charge is 2.49. The number of carbonyl (C=O) groups excluding carboxylic acids is 2. The molecule has 13 heteroatoms. The van der Waals surface area contributed by atoms with Gasteiger partial charge in [0.2, 0.25) is 5.91 Å². The van der Waals surface area contributed by atoms with E-state index in [0.29, 0.717) is 0 Å².